The minimum atomic E-state index is -4.46. The highest BCUT2D eigenvalue weighted by Crippen LogP contribution is 2.31. The summed E-state index contributed by atoms with van der Waals surface area (Å²) in [4.78, 5) is 28.2. The lowest BCUT2D eigenvalue weighted by Crippen LogP contribution is -2.40. The number of sulfonamides is 1. The van der Waals surface area contributed by atoms with Gasteiger partial charge in [-0.15, -0.1) is 0 Å². The molecular weight excluding hydrogens is 588 g/mol. The van der Waals surface area contributed by atoms with Gasteiger partial charge in [-0.05, 0) is 67.1 Å². The number of hydrogen-bond acceptors (Lipinski definition) is 5. The monoisotopic (exact) mass is 624 g/mol. The molecule has 4 unspecified atom stereocenters. The number of carbonyl (C=O) groups is 2. The number of rotatable bonds is 11. The lowest BCUT2D eigenvalue weighted by atomic mass is 9.83. The topological polar surface area (TPSA) is 108 Å². The molecule has 2 aliphatic rings. The normalized spacial score (nSPS) is 21.8. The number of nitrogens with zero attached hydrogens (tertiary/aromatic N) is 1. The van der Waals surface area contributed by atoms with E-state index in [4.69, 9.17) is 0 Å². The number of carbonyl (C=O) groups excluding carboxylic acids is 2. The Bertz CT molecular complexity index is 1380. The van der Waals surface area contributed by atoms with Crippen molar-refractivity contribution in [1.82, 2.24) is 20.3 Å². The zero-order chi connectivity index (χ0) is 31.2. The lowest BCUT2D eigenvalue weighted by Gasteiger charge is -2.30. The molecule has 2 saturated heterocycles. The number of alkyl halides is 4. The van der Waals surface area contributed by atoms with Crippen LogP contribution in [0, 0.1) is 11.8 Å². The third-order valence-corrected chi connectivity index (χ3v) is 9.05. The first-order valence-electron chi connectivity index (χ1n) is 14.2. The first kappa shape index (κ1) is 32.6. The fraction of sp³-hybridized carbons (Fsp3) is 0.467. The van der Waals surface area contributed by atoms with Crippen LogP contribution in [0.4, 0.5) is 17.6 Å². The van der Waals surface area contributed by atoms with Gasteiger partial charge in [0, 0.05) is 49.6 Å². The van der Waals surface area contributed by atoms with Crippen molar-refractivity contribution in [2.24, 2.45) is 11.8 Å². The van der Waals surface area contributed by atoms with E-state index >= 15 is 0 Å². The van der Waals surface area contributed by atoms with Gasteiger partial charge in [0.15, 0.2) is 0 Å². The molecular formula is C30H36F4N4O4S. The maximum atomic E-state index is 14.7. The van der Waals surface area contributed by atoms with Gasteiger partial charge in [-0.1, -0.05) is 30.8 Å². The number of hydrogen-bond donors (Lipinski definition) is 3. The summed E-state index contributed by atoms with van der Waals surface area (Å²) in [5.41, 5.74) is 0.709. The van der Waals surface area contributed by atoms with Crippen molar-refractivity contribution >= 4 is 21.8 Å². The van der Waals surface area contributed by atoms with Crippen LogP contribution in [0.25, 0.3) is 0 Å². The third kappa shape index (κ3) is 8.87. The van der Waals surface area contributed by atoms with Crippen LogP contribution in [0.2, 0.25) is 0 Å². The molecule has 2 fully saturated rings. The molecule has 8 nitrogen and oxygen atoms in total. The number of likely N-dealkylation sites (tertiary alicyclic amines) is 1. The van der Waals surface area contributed by atoms with Crippen LogP contribution in [0.5, 0.6) is 0 Å². The van der Waals surface area contributed by atoms with Crippen LogP contribution in [0.15, 0.2) is 60.5 Å². The van der Waals surface area contributed by atoms with E-state index < -0.39 is 39.8 Å². The molecule has 3 N–H and O–H groups in total. The molecule has 4 rings (SSSR count). The van der Waals surface area contributed by atoms with Crippen molar-refractivity contribution in [3.05, 3.63) is 82.8 Å². The standard InChI is InChI=1S/C30H36F4N4O4S/c1-2-43(41,42)37-17-21-12-14-38(19-21)29(40)23-7-5-22(6-8-23)26(15-24-18-35-13-11-27(24)31)28(39)36-16-20-3-9-25(10-4-20)30(32,33)34/h2-10,21,24,26-27,35,37H,1,11-19H2,(H,36,39). The number of benzene rings is 2. The lowest BCUT2D eigenvalue weighted by molar-refractivity contribution is -0.137. The Balaban J connectivity index is 1.43. The van der Waals surface area contributed by atoms with E-state index in [1.165, 1.54) is 12.1 Å². The molecule has 234 valence electrons. The molecule has 2 aliphatic heterocycles. The Hall–Kier alpha value is -3.29. The Labute approximate surface area is 249 Å². The van der Waals surface area contributed by atoms with E-state index in [1.54, 1.807) is 29.2 Å². The first-order chi connectivity index (χ1) is 20.4. The van der Waals surface area contributed by atoms with Crippen molar-refractivity contribution < 1.29 is 35.6 Å². The van der Waals surface area contributed by atoms with Gasteiger partial charge in [-0.3, -0.25) is 9.59 Å². The zero-order valence-corrected chi connectivity index (χ0v) is 24.4. The van der Waals surface area contributed by atoms with E-state index in [9.17, 15) is 35.6 Å². The Morgan fingerprint density at radius 3 is 2.42 bits per heavy atom. The van der Waals surface area contributed by atoms with Gasteiger partial charge in [0.1, 0.15) is 6.17 Å². The Kier molecular flexibility index (Phi) is 10.6. The predicted octanol–water partition coefficient (Wildman–Crippen LogP) is 3.97. The average molecular weight is 625 g/mol. The Morgan fingerprint density at radius 2 is 1.79 bits per heavy atom. The number of piperidine rings is 1. The van der Waals surface area contributed by atoms with E-state index in [0.29, 0.717) is 55.7 Å². The fourth-order valence-corrected chi connectivity index (χ4v) is 6.05. The largest absolute Gasteiger partial charge is 0.416 e. The molecule has 0 spiro atoms. The predicted molar refractivity (Wildman–Crippen MR) is 154 cm³/mol. The quantitative estimate of drug-likeness (QED) is 0.328. The molecule has 43 heavy (non-hydrogen) atoms. The van der Waals surface area contributed by atoms with E-state index in [1.807, 2.05) is 0 Å². The van der Waals surface area contributed by atoms with Crippen LogP contribution in [-0.2, 0) is 27.5 Å². The molecule has 13 heteroatoms. The summed E-state index contributed by atoms with van der Waals surface area (Å²) in [6.07, 6.45) is -4.34. The Morgan fingerprint density at radius 1 is 1.09 bits per heavy atom. The number of nitrogens with one attached hydrogen (secondary N) is 3. The van der Waals surface area contributed by atoms with Gasteiger partial charge in [0.05, 0.1) is 11.5 Å². The maximum Gasteiger partial charge on any atom is 0.416 e. The summed E-state index contributed by atoms with van der Waals surface area (Å²) in [6.45, 7) is 5.30. The van der Waals surface area contributed by atoms with Crippen molar-refractivity contribution in [1.29, 1.82) is 0 Å². The zero-order valence-electron chi connectivity index (χ0n) is 23.6. The van der Waals surface area contributed by atoms with Crippen molar-refractivity contribution in [3.63, 3.8) is 0 Å². The molecule has 2 aromatic rings. The van der Waals surface area contributed by atoms with Crippen molar-refractivity contribution in [2.75, 3.05) is 32.7 Å². The maximum absolute atomic E-state index is 14.7. The highest BCUT2D eigenvalue weighted by atomic mass is 32.2. The van der Waals surface area contributed by atoms with Gasteiger partial charge in [-0.2, -0.15) is 13.2 Å². The van der Waals surface area contributed by atoms with Crippen LogP contribution in [-0.4, -0.2) is 64.0 Å². The molecule has 0 radical (unpaired) electrons. The highest BCUT2D eigenvalue weighted by molar-refractivity contribution is 7.92. The summed E-state index contributed by atoms with van der Waals surface area (Å²) >= 11 is 0. The van der Waals surface area contributed by atoms with Crippen LogP contribution in [0.3, 0.4) is 0 Å². The molecule has 0 aromatic heterocycles. The molecule has 0 bridgehead atoms. The summed E-state index contributed by atoms with van der Waals surface area (Å²) in [5.74, 6) is -1.79. The molecule has 2 aromatic carbocycles. The molecule has 2 heterocycles. The molecule has 4 atom stereocenters. The van der Waals surface area contributed by atoms with Gasteiger partial charge in [-0.25, -0.2) is 17.5 Å². The second-order valence-electron chi connectivity index (χ2n) is 11.1. The van der Waals surface area contributed by atoms with Gasteiger partial charge in [0.25, 0.3) is 5.91 Å². The summed E-state index contributed by atoms with van der Waals surface area (Å²) in [5, 5.41) is 6.78. The number of halogens is 4. The van der Waals surface area contributed by atoms with Crippen molar-refractivity contribution in [2.45, 2.75) is 44.1 Å². The summed E-state index contributed by atoms with van der Waals surface area (Å²) in [7, 11) is -3.55. The second kappa shape index (κ2) is 14.0. The van der Waals surface area contributed by atoms with Crippen LogP contribution >= 0.6 is 0 Å². The van der Waals surface area contributed by atoms with E-state index in [-0.39, 0.29) is 37.2 Å². The highest BCUT2D eigenvalue weighted by Gasteiger charge is 2.33. The van der Waals surface area contributed by atoms with Crippen LogP contribution in [0.1, 0.15) is 52.2 Å². The first-order valence-corrected chi connectivity index (χ1v) is 15.7. The summed E-state index contributed by atoms with van der Waals surface area (Å²) in [6, 6.07) is 11.1. The van der Waals surface area contributed by atoms with Crippen molar-refractivity contribution in [3.8, 4) is 0 Å². The van der Waals surface area contributed by atoms with Gasteiger partial charge < -0.3 is 15.5 Å². The van der Waals surface area contributed by atoms with Crippen LogP contribution < -0.4 is 15.4 Å². The van der Waals surface area contributed by atoms with Gasteiger partial charge >= 0.3 is 6.18 Å². The molecule has 2 amide bonds. The third-order valence-electron chi connectivity index (χ3n) is 8.04. The SMILES string of the molecule is C=CS(=O)(=O)NCC1CCN(C(=O)c2ccc(C(CC3CNCCC3F)C(=O)NCc3ccc(C(F)(F)F)cc3)cc2)C1. The average Bonchev–Trinajstić information content (AvgIpc) is 3.47. The second-order valence-corrected chi connectivity index (χ2v) is 12.8. The van der Waals surface area contributed by atoms with Gasteiger partial charge in [0.2, 0.25) is 15.9 Å². The molecule has 0 aliphatic carbocycles. The van der Waals surface area contributed by atoms with E-state index in [2.05, 4.69) is 21.9 Å². The minimum Gasteiger partial charge on any atom is -0.351 e. The van der Waals surface area contributed by atoms with E-state index in [0.717, 1.165) is 17.5 Å². The fourth-order valence-electron chi connectivity index (χ4n) is 5.46. The smallest absolute Gasteiger partial charge is 0.351 e. The number of amides is 2. The molecule has 0 saturated carbocycles. The minimum absolute atomic E-state index is 0.00505. The summed E-state index contributed by atoms with van der Waals surface area (Å²) < 4.78 is 79.1.